The Hall–Kier alpha value is -2.06. The first kappa shape index (κ1) is 13.4. The van der Waals surface area contributed by atoms with Crippen molar-refractivity contribution in [1.29, 1.82) is 5.26 Å². The van der Waals surface area contributed by atoms with Crippen LogP contribution in [0.25, 0.3) is 0 Å². The molecule has 100 valence electrons. The summed E-state index contributed by atoms with van der Waals surface area (Å²) < 4.78 is 0. The van der Waals surface area contributed by atoms with Gasteiger partial charge in [-0.1, -0.05) is 0 Å². The van der Waals surface area contributed by atoms with Crippen LogP contribution >= 0.6 is 0 Å². The van der Waals surface area contributed by atoms with E-state index < -0.39 is 6.04 Å². The van der Waals surface area contributed by atoms with E-state index in [2.05, 4.69) is 6.07 Å². The molecule has 2 atom stereocenters. The van der Waals surface area contributed by atoms with Crippen molar-refractivity contribution < 1.29 is 9.90 Å². The highest BCUT2D eigenvalue weighted by Crippen LogP contribution is 2.23. The van der Waals surface area contributed by atoms with Crippen LogP contribution in [0.15, 0.2) is 24.3 Å². The standard InChI is InChI=1S/C14H17N3O2/c1-10-8-17(13(9-18)14(19)16(10)2)12-5-3-11(7-15)4-6-12/h3-6,10,13,18H,8-9H2,1-2H3. The van der Waals surface area contributed by atoms with Crippen molar-refractivity contribution in [2.75, 3.05) is 25.1 Å². The Bertz CT molecular complexity index is 506. The van der Waals surface area contributed by atoms with Crippen molar-refractivity contribution in [3.05, 3.63) is 29.8 Å². The third kappa shape index (κ3) is 2.40. The van der Waals surface area contributed by atoms with E-state index in [9.17, 15) is 9.90 Å². The molecule has 0 radical (unpaired) electrons. The minimum atomic E-state index is -0.547. The Morgan fingerprint density at radius 1 is 1.42 bits per heavy atom. The highest BCUT2D eigenvalue weighted by molar-refractivity contribution is 5.87. The van der Waals surface area contributed by atoms with Crippen LogP contribution in [-0.4, -0.2) is 48.2 Å². The molecule has 0 saturated carbocycles. The maximum atomic E-state index is 12.1. The molecule has 0 bridgehead atoms. The van der Waals surface area contributed by atoms with Gasteiger partial charge in [-0.05, 0) is 31.2 Å². The van der Waals surface area contributed by atoms with Crippen LogP contribution in [0.5, 0.6) is 0 Å². The van der Waals surface area contributed by atoms with Crippen molar-refractivity contribution in [3.8, 4) is 6.07 Å². The van der Waals surface area contributed by atoms with Crippen LogP contribution in [0.1, 0.15) is 12.5 Å². The van der Waals surface area contributed by atoms with Gasteiger partial charge in [-0.15, -0.1) is 0 Å². The molecule has 1 heterocycles. The van der Waals surface area contributed by atoms with E-state index in [-0.39, 0.29) is 18.6 Å². The number of piperazine rings is 1. The first-order valence-corrected chi connectivity index (χ1v) is 6.22. The number of carbonyl (C=O) groups excluding carboxylic acids is 1. The zero-order valence-electron chi connectivity index (χ0n) is 11.1. The lowest BCUT2D eigenvalue weighted by Gasteiger charge is -2.43. The Kier molecular flexibility index (Phi) is 3.72. The summed E-state index contributed by atoms with van der Waals surface area (Å²) in [6, 6.07) is 8.67. The summed E-state index contributed by atoms with van der Waals surface area (Å²) in [7, 11) is 1.76. The molecule has 1 amide bonds. The van der Waals surface area contributed by atoms with Gasteiger partial charge in [0.1, 0.15) is 6.04 Å². The summed E-state index contributed by atoms with van der Waals surface area (Å²) in [5.74, 6) is -0.0781. The Balaban J connectivity index is 2.30. The van der Waals surface area contributed by atoms with Crippen LogP contribution in [0.4, 0.5) is 5.69 Å². The lowest BCUT2D eigenvalue weighted by atomic mass is 10.1. The Labute approximate surface area is 112 Å². The highest BCUT2D eigenvalue weighted by Gasteiger charge is 2.36. The summed E-state index contributed by atoms with van der Waals surface area (Å²) in [5, 5.41) is 18.2. The molecule has 1 N–H and O–H groups in total. The summed E-state index contributed by atoms with van der Waals surface area (Å²) >= 11 is 0. The van der Waals surface area contributed by atoms with Crippen molar-refractivity contribution in [2.45, 2.75) is 19.0 Å². The topological polar surface area (TPSA) is 67.6 Å². The quantitative estimate of drug-likeness (QED) is 0.844. The van der Waals surface area contributed by atoms with E-state index in [4.69, 9.17) is 5.26 Å². The average molecular weight is 259 g/mol. The minimum Gasteiger partial charge on any atom is -0.394 e. The molecular weight excluding hydrogens is 242 g/mol. The third-order valence-corrected chi connectivity index (χ3v) is 3.63. The predicted octanol–water partition coefficient (Wildman–Crippen LogP) is 0.586. The van der Waals surface area contributed by atoms with Crippen LogP contribution in [0.2, 0.25) is 0 Å². The van der Waals surface area contributed by atoms with Crippen LogP contribution in [0, 0.1) is 11.3 Å². The fourth-order valence-electron chi connectivity index (χ4n) is 2.31. The Morgan fingerprint density at radius 3 is 2.58 bits per heavy atom. The van der Waals surface area contributed by atoms with Gasteiger partial charge < -0.3 is 14.9 Å². The summed E-state index contributed by atoms with van der Waals surface area (Å²) in [6.45, 7) is 2.43. The summed E-state index contributed by atoms with van der Waals surface area (Å²) in [5.41, 5.74) is 1.43. The smallest absolute Gasteiger partial charge is 0.247 e. The molecular formula is C14H17N3O2. The molecule has 1 aromatic rings. The van der Waals surface area contributed by atoms with E-state index in [0.717, 1.165) is 5.69 Å². The fraction of sp³-hybridized carbons (Fsp3) is 0.429. The van der Waals surface area contributed by atoms with Crippen LogP contribution in [0.3, 0.4) is 0 Å². The molecule has 0 aliphatic carbocycles. The zero-order chi connectivity index (χ0) is 14.0. The van der Waals surface area contributed by atoms with Gasteiger partial charge >= 0.3 is 0 Å². The van der Waals surface area contributed by atoms with Gasteiger partial charge in [-0.2, -0.15) is 5.26 Å². The molecule has 1 aliphatic rings. The number of nitriles is 1. The van der Waals surface area contributed by atoms with Crippen molar-refractivity contribution in [2.24, 2.45) is 0 Å². The second-order valence-corrected chi connectivity index (χ2v) is 4.81. The number of aliphatic hydroxyl groups is 1. The molecule has 1 aromatic carbocycles. The predicted molar refractivity (Wildman–Crippen MR) is 71.6 cm³/mol. The lowest BCUT2D eigenvalue weighted by Crippen LogP contribution is -2.61. The number of hydrogen-bond donors (Lipinski definition) is 1. The summed E-state index contributed by atoms with van der Waals surface area (Å²) in [4.78, 5) is 15.7. The maximum Gasteiger partial charge on any atom is 0.247 e. The summed E-state index contributed by atoms with van der Waals surface area (Å²) in [6.07, 6.45) is 0. The minimum absolute atomic E-state index is 0.0781. The number of amides is 1. The zero-order valence-corrected chi connectivity index (χ0v) is 11.1. The second-order valence-electron chi connectivity index (χ2n) is 4.81. The van der Waals surface area contributed by atoms with Crippen molar-refractivity contribution in [1.82, 2.24) is 4.90 Å². The molecule has 2 unspecified atom stereocenters. The van der Waals surface area contributed by atoms with E-state index >= 15 is 0 Å². The number of aliphatic hydroxyl groups excluding tert-OH is 1. The van der Waals surface area contributed by atoms with Gasteiger partial charge in [-0.3, -0.25) is 4.79 Å². The van der Waals surface area contributed by atoms with Crippen molar-refractivity contribution >= 4 is 11.6 Å². The first-order valence-electron chi connectivity index (χ1n) is 6.22. The van der Waals surface area contributed by atoms with Crippen molar-refractivity contribution in [3.63, 3.8) is 0 Å². The van der Waals surface area contributed by atoms with E-state index in [1.165, 1.54) is 0 Å². The van der Waals surface area contributed by atoms with E-state index in [1.54, 1.807) is 24.1 Å². The van der Waals surface area contributed by atoms with E-state index in [1.807, 2.05) is 24.0 Å². The lowest BCUT2D eigenvalue weighted by molar-refractivity contribution is -0.136. The second kappa shape index (κ2) is 5.29. The molecule has 0 aromatic heterocycles. The number of carbonyl (C=O) groups is 1. The number of benzene rings is 1. The Morgan fingerprint density at radius 2 is 2.05 bits per heavy atom. The maximum absolute atomic E-state index is 12.1. The van der Waals surface area contributed by atoms with Gasteiger partial charge in [0, 0.05) is 25.3 Å². The average Bonchev–Trinajstić information content (AvgIpc) is 2.44. The monoisotopic (exact) mass is 259 g/mol. The van der Waals surface area contributed by atoms with Gasteiger partial charge in [0.05, 0.1) is 18.2 Å². The van der Waals surface area contributed by atoms with Gasteiger partial charge in [0.2, 0.25) is 5.91 Å². The molecule has 1 fully saturated rings. The van der Waals surface area contributed by atoms with Crippen LogP contribution < -0.4 is 4.90 Å². The highest BCUT2D eigenvalue weighted by atomic mass is 16.3. The number of hydrogen-bond acceptors (Lipinski definition) is 4. The normalized spacial score (nSPS) is 23.4. The number of anilines is 1. The molecule has 1 saturated heterocycles. The molecule has 19 heavy (non-hydrogen) atoms. The first-order chi connectivity index (χ1) is 9.08. The number of nitrogens with zero attached hydrogens (tertiary/aromatic N) is 3. The number of likely N-dealkylation sites (N-methyl/N-ethyl adjacent to an activating group) is 1. The SMILES string of the molecule is CC1CN(c2ccc(C#N)cc2)C(CO)C(=O)N1C. The van der Waals surface area contributed by atoms with Gasteiger partial charge in [0.25, 0.3) is 0 Å². The molecule has 1 aliphatic heterocycles. The molecule has 5 heteroatoms. The fourth-order valence-corrected chi connectivity index (χ4v) is 2.31. The van der Waals surface area contributed by atoms with Gasteiger partial charge in [0.15, 0.2) is 0 Å². The largest absolute Gasteiger partial charge is 0.394 e. The molecule has 0 spiro atoms. The molecule has 5 nitrogen and oxygen atoms in total. The van der Waals surface area contributed by atoms with Crippen LogP contribution in [-0.2, 0) is 4.79 Å². The molecule has 2 rings (SSSR count). The van der Waals surface area contributed by atoms with E-state index in [0.29, 0.717) is 12.1 Å². The number of rotatable bonds is 2. The van der Waals surface area contributed by atoms with Gasteiger partial charge in [-0.25, -0.2) is 0 Å². The third-order valence-electron chi connectivity index (χ3n) is 3.63.